The van der Waals surface area contributed by atoms with Gasteiger partial charge in [0.25, 0.3) is 0 Å². The molecule has 2 aliphatic rings. The van der Waals surface area contributed by atoms with Gasteiger partial charge in [-0.15, -0.1) is 0 Å². The fraction of sp³-hybridized carbons (Fsp3) is 0.0909. The highest BCUT2D eigenvalue weighted by Gasteiger charge is 2.25. The summed E-state index contributed by atoms with van der Waals surface area (Å²) in [5, 5.41) is 0. The van der Waals surface area contributed by atoms with Crippen LogP contribution in [0.15, 0.2) is 103 Å². The molecule has 0 amide bonds. The van der Waals surface area contributed by atoms with E-state index < -0.39 is 0 Å². The molecule has 0 aliphatic heterocycles. The van der Waals surface area contributed by atoms with Gasteiger partial charge in [0.05, 0.1) is 0 Å². The van der Waals surface area contributed by atoms with Crippen molar-refractivity contribution in [2.75, 3.05) is 0 Å². The van der Waals surface area contributed by atoms with Gasteiger partial charge in [0, 0.05) is 6.54 Å². The average Bonchev–Trinajstić information content (AvgIpc) is 3.47. The van der Waals surface area contributed by atoms with Crippen molar-refractivity contribution in [1.82, 2.24) is 0 Å². The van der Waals surface area contributed by atoms with E-state index in [0.717, 1.165) is 12.8 Å². The zero-order chi connectivity index (χ0) is 22.6. The van der Waals surface area contributed by atoms with Crippen LogP contribution in [0.4, 0.5) is 0 Å². The van der Waals surface area contributed by atoms with Crippen molar-refractivity contribution in [3.8, 4) is 44.5 Å². The minimum atomic E-state index is 0.543. The first-order valence-electron chi connectivity index (χ1n) is 12.1. The van der Waals surface area contributed by atoms with Crippen LogP contribution in [0.5, 0.6) is 0 Å². The summed E-state index contributed by atoms with van der Waals surface area (Å²) in [6.45, 7) is 0.543. The van der Waals surface area contributed by atoms with Gasteiger partial charge in [-0.05, 0) is 91.2 Å². The largest absolute Gasteiger partial charge is 0.326 e. The molecule has 0 unspecified atom stereocenters. The predicted molar refractivity (Wildman–Crippen MR) is 142 cm³/mol. The third-order valence-electron chi connectivity index (χ3n) is 7.60. The summed E-state index contributed by atoms with van der Waals surface area (Å²) in [5.74, 6) is 0. The normalized spacial score (nSPS) is 12.7. The Kier molecular flexibility index (Phi) is 4.33. The zero-order valence-electron chi connectivity index (χ0n) is 19.0. The molecule has 0 saturated heterocycles. The molecule has 162 valence electrons. The number of hydrogen-bond acceptors (Lipinski definition) is 1. The Bertz CT molecular complexity index is 1590. The summed E-state index contributed by atoms with van der Waals surface area (Å²) in [6, 6.07) is 38.0. The Morgan fingerprint density at radius 2 is 0.912 bits per heavy atom. The molecule has 2 aliphatic carbocycles. The van der Waals surface area contributed by atoms with Crippen LogP contribution in [0, 0.1) is 0 Å². The molecule has 5 aromatic rings. The Labute approximate surface area is 200 Å². The Balaban J connectivity index is 1.46. The number of benzene rings is 5. The lowest BCUT2D eigenvalue weighted by molar-refractivity contribution is 1.07. The maximum absolute atomic E-state index is 6.11. The molecule has 7 rings (SSSR count). The van der Waals surface area contributed by atoms with Gasteiger partial charge in [0.15, 0.2) is 0 Å². The van der Waals surface area contributed by atoms with Crippen molar-refractivity contribution in [3.63, 3.8) is 0 Å². The predicted octanol–water partition coefficient (Wildman–Crippen LogP) is 7.62. The van der Waals surface area contributed by atoms with E-state index in [9.17, 15) is 0 Å². The molecule has 0 bridgehead atoms. The second-order valence-corrected chi connectivity index (χ2v) is 9.42. The number of hydrogen-bond donors (Lipinski definition) is 1. The standard InChI is InChI=1S/C33H25N/c34-20-21-15-16-30(28-13-5-11-26-24-9-3-1-7-22(24)18-32(26)28)31(17-21)29-14-6-12-27-25-10-4-2-8-23(25)19-33(27)29/h1-17H,18-20,34H2. The van der Waals surface area contributed by atoms with Gasteiger partial charge in [0.1, 0.15) is 0 Å². The minimum absolute atomic E-state index is 0.543. The molecule has 34 heavy (non-hydrogen) atoms. The van der Waals surface area contributed by atoms with Crippen molar-refractivity contribution < 1.29 is 0 Å². The third kappa shape index (κ3) is 2.84. The zero-order valence-corrected chi connectivity index (χ0v) is 19.0. The lowest BCUT2D eigenvalue weighted by Crippen LogP contribution is -1.99. The fourth-order valence-electron chi connectivity index (χ4n) is 6.00. The summed E-state index contributed by atoms with van der Waals surface area (Å²) >= 11 is 0. The van der Waals surface area contributed by atoms with E-state index in [-0.39, 0.29) is 0 Å². The Morgan fingerprint density at radius 3 is 1.47 bits per heavy atom. The Hall–Kier alpha value is -3.94. The summed E-state index contributed by atoms with van der Waals surface area (Å²) in [6.07, 6.45) is 1.96. The first-order chi connectivity index (χ1) is 16.8. The summed E-state index contributed by atoms with van der Waals surface area (Å²) in [4.78, 5) is 0. The quantitative estimate of drug-likeness (QED) is 0.303. The van der Waals surface area contributed by atoms with Crippen LogP contribution in [-0.2, 0) is 19.4 Å². The maximum Gasteiger partial charge on any atom is 0.0178 e. The highest BCUT2D eigenvalue weighted by Crippen LogP contribution is 2.47. The molecule has 0 spiro atoms. The van der Waals surface area contributed by atoms with Crippen molar-refractivity contribution >= 4 is 0 Å². The third-order valence-corrected chi connectivity index (χ3v) is 7.60. The van der Waals surface area contributed by atoms with Gasteiger partial charge >= 0.3 is 0 Å². The van der Waals surface area contributed by atoms with Gasteiger partial charge in [-0.1, -0.05) is 97.1 Å². The van der Waals surface area contributed by atoms with Crippen LogP contribution in [0.2, 0.25) is 0 Å². The molecule has 1 heteroatoms. The van der Waals surface area contributed by atoms with E-state index in [2.05, 4.69) is 103 Å². The van der Waals surface area contributed by atoms with E-state index >= 15 is 0 Å². The lowest BCUT2D eigenvalue weighted by atomic mass is 9.86. The topological polar surface area (TPSA) is 26.0 Å². The number of rotatable bonds is 3. The maximum atomic E-state index is 6.11. The minimum Gasteiger partial charge on any atom is -0.326 e. The number of nitrogens with two attached hydrogens (primary N) is 1. The van der Waals surface area contributed by atoms with E-state index in [0.29, 0.717) is 6.54 Å². The molecule has 0 radical (unpaired) electrons. The smallest absolute Gasteiger partial charge is 0.0178 e. The van der Waals surface area contributed by atoms with E-state index in [4.69, 9.17) is 5.73 Å². The molecule has 5 aromatic carbocycles. The summed E-state index contributed by atoms with van der Waals surface area (Å²) in [7, 11) is 0. The van der Waals surface area contributed by atoms with Crippen LogP contribution in [0.3, 0.4) is 0 Å². The summed E-state index contributed by atoms with van der Waals surface area (Å²) < 4.78 is 0. The van der Waals surface area contributed by atoms with Gasteiger partial charge in [-0.3, -0.25) is 0 Å². The lowest BCUT2D eigenvalue weighted by Gasteiger charge is -2.18. The molecule has 0 fully saturated rings. The van der Waals surface area contributed by atoms with Gasteiger partial charge in [-0.2, -0.15) is 0 Å². The second-order valence-electron chi connectivity index (χ2n) is 9.42. The monoisotopic (exact) mass is 435 g/mol. The molecule has 0 saturated carbocycles. The van der Waals surface area contributed by atoms with Crippen LogP contribution >= 0.6 is 0 Å². The van der Waals surface area contributed by atoms with Gasteiger partial charge in [-0.25, -0.2) is 0 Å². The summed E-state index contributed by atoms with van der Waals surface area (Å²) in [5.41, 5.74) is 23.7. The van der Waals surface area contributed by atoms with E-state index in [1.165, 1.54) is 72.3 Å². The molecular weight excluding hydrogens is 410 g/mol. The van der Waals surface area contributed by atoms with Crippen LogP contribution in [-0.4, -0.2) is 0 Å². The second kappa shape index (κ2) is 7.55. The molecule has 0 aromatic heterocycles. The highest BCUT2D eigenvalue weighted by atomic mass is 14.5. The fourth-order valence-corrected chi connectivity index (χ4v) is 6.00. The first-order valence-corrected chi connectivity index (χ1v) is 12.1. The SMILES string of the molecule is NCc1ccc(-c2cccc3c2Cc2ccccc2-3)c(-c2cccc3c2Cc2ccccc2-3)c1. The van der Waals surface area contributed by atoms with Crippen LogP contribution < -0.4 is 5.73 Å². The Morgan fingerprint density at radius 1 is 0.441 bits per heavy atom. The van der Waals surface area contributed by atoms with Crippen molar-refractivity contribution in [3.05, 3.63) is 131 Å². The number of fused-ring (bicyclic) bond motifs is 6. The van der Waals surface area contributed by atoms with Crippen molar-refractivity contribution in [1.29, 1.82) is 0 Å². The molecule has 1 nitrogen and oxygen atoms in total. The van der Waals surface area contributed by atoms with Gasteiger partial charge < -0.3 is 5.73 Å². The van der Waals surface area contributed by atoms with E-state index in [1.807, 2.05) is 0 Å². The molecule has 2 N–H and O–H groups in total. The molecule has 0 heterocycles. The van der Waals surface area contributed by atoms with Crippen LogP contribution in [0.25, 0.3) is 44.5 Å². The van der Waals surface area contributed by atoms with Crippen molar-refractivity contribution in [2.24, 2.45) is 5.73 Å². The average molecular weight is 436 g/mol. The van der Waals surface area contributed by atoms with Gasteiger partial charge in [0.2, 0.25) is 0 Å². The van der Waals surface area contributed by atoms with Crippen molar-refractivity contribution in [2.45, 2.75) is 19.4 Å². The van der Waals surface area contributed by atoms with Crippen LogP contribution in [0.1, 0.15) is 27.8 Å². The first kappa shape index (κ1) is 19.5. The van der Waals surface area contributed by atoms with E-state index in [1.54, 1.807) is 0 Å². The highest BCUT2D eigenvalue weighted by molar-refractivity contribution is 5.94. The molecule has 0 atom stereocenters. The molecular formula is C33H25N.